The van der Waals surface area contributed by atoms with Crippen molar-refractivity contribution in [3.8, 4) is 11.5 Å². The van der Waals surface area contributed by atoms with Gasteiger partial charge in [-0.15, -0.1) is 0 Å². The van der Waals surface area contributed by atoms with Crippen LogP contribution < -0.4 is 14.8 Å². The summed E-state index contributed by atoms with van der Waals surface area (Å²) in [6.07, 6.45) is 0. The second-order valence-electron chi connectivity index (χ2n) is 7.33. The molecule has 0 spiro atoms. The highest BCUT2D eigenvalue weighted by molar-refractivity contribution is 5.95. The number of ether oxygens (including phenoxy) is 3. The summed E-state index contributed by atoms with van der Waals surface area (Å²) in [6.45, 7) is 6.04. The average molecular weight is 424 g/mol. The first-order valence-corrected chi connectivity index (χ1v) is 10.1. The van der Waals surface area contributed by atoms with E-state index >= 15 is 0 Å². The second-order valence-corrected chi connectivity index (χ2v) is 7.33. The highest BCUT2D eigenvalue weighted by atomic mass is 16.5. The van der Waals surface area contributed by atoms with Crippen molar-refractivity contribution in [1.82, 2.24) is 10.2 Å². The molecule has 3 rings (SSSR count). The molecule has 0 aromatic heterocycles. The summed E-state index contributed by atoms with van der Waals surface area (Å²) in [5.41, 5.74) is 3.76. The third-order valence-corrected chi connectivity index (χ3v) is 5.35. The number of benzene rings is 2. The number of hydrogen-bond acceptors (Lipinski definition) is 5. The quantitative estimate of drug-likeness (QED) is 0.682. The Balaban J connectivity index is 2.03. The maximum absolute atomic E-state index is 13.0. The second kappa shape index (κ2) is 9.55. The van der Waals surface area contributed by atoms with Crippen LogP contribution >= 0.6 is 0 Å². The van der Waals surface area contributed by atoms with Gasteiger partial charge in [0.1, 0.15) is 18.1 Å². The fourth-order valence-electron chi connectivity index (χ4n) is 3.41. The summed E-state index contributed by atoms with van der Waals surface area (Å²) in [7, 11) is 3.17. The fraction of sp³-hybridized carbons (Fsp3) is 0.333. The maximum Gasteiger partial charge on any atom is 0.338 e. The SMILES string of the molecule is CCOC(=O)C1=C(COc2ccc(C)c(C)c2)N(C)C(=O)N[C@H]1c1cccc(OC)c1. The van der Waals surface area contributed by atoms with Gasteiger partial charge in [-0.05, 0) is 61.7 Å². The Bertz CT molecular complexity index is 1010. The molecule has 0 bridgehead atoms. The molecule has 7 nitrogen and oxygen atoms in total. The van der Waals surface area contributed by atoms with Crippen molar-refractivity contribution in [2.75, 3.05) is 27.4 Å². The summed E-state index contributed by atoms with van der Waals surface area (Å²) < 4.78 is 16.6. The molecule has 2 aromatic rings. The standard InChI is InChI=1S/C24H28N2O5/c1-6-30-23(27)21-20(14-31-19-11-10-15(2)16(3)12-19)26(4)24(28)25-22(21)17-8-7-9-18(13-17)29-5/h7-13,22H,6,14H2,1-5H3,(H,25,28)/t22-/m0/s1. The Labute approximate surface area is 182 Å². The lowest BCUT2D eigenvalue weighted by atomic mass is 9.94. The number of amides is 2. The first kappa shape index (κ1) is 22.2. The van der Waals surface area contributed by atoms with Crippen molar-refractivity contribution in [2.24, 2.45) is 0 Å². The van der Waals surface area contributed by atoms with Gasteiger partial charge in [-0.1, -0.05) is 18.2 Å². The highest BCUT2D eigenvalue weighted by Crippen LogP contribution is 2.33. The molecule has 1 aliphatic rings. The van der Waals surface area contributed by atoms with E-state index in [-0.39, 0.29) is 19.2 Å². The molecular weight excluding hydrogens is 396 g/mol. The van der Waals surface area contributed by atoms with Crippen molar-refractivity contribution in [3.63, 3.8) is 0 Å². The van der Waals surface area contributed by atoms with E-state index in [9.17, 15) is 9.59 Å². The van der Waals surface area contributed by atoms with E-state index in [2.05, 4.69) is 5.32 Å². The van der Waals surface area contributed by atoms with Gasteiger partial charge in [0, 0.05) is 7.05 Å². The van der Waals surface area contributed by atoms with Crippen molar-refractivity contribution in [3.05, 3.63) is 70.4 Å². The lowest BCUT2D eigenvalue weighted by Crippen LogP contribution is -2.48. The number of rotatable bonds is 7. The molecule has 0 fully saturated rings. The van der Waals surface area contributed by atoms with Crippen molar-refractivity contribution in [2.45, 2.75) is 26.8 Å². The molecule has 0 saturated carbocycles. The van der Waals surface area contributed by atoms with E-state index in [0.717, 1.165) is 11.1 Å². The summed E-state index contributed by atoms with van der Waals surface area (Å²) in [6, 6.07) is 12.0. The van der Waals surface area contributed by atoms with E-state index in [4.69, 9.17) is 14.2 Å². The molecule has 0 saturated heterocycles. The Morgan fingerprint density at radius 3 is 2.55 bits per heavy atom. The zero-order valence-corrected chi connectivity index (χ0v) is 18.5. The summed E-state index contributed by atoms with van der Waals surface area (Å²) in [5, 5.41) is 2.89. The van der Waals surface area contributed by atoms with Crippen LogP contribution in [0.25, 0.3) is 0 Å². The van der Waals surface area contributed by atoms with Crippen LogP contribution in [0.4, 0.5) is 4.79 Å². The molecule has 1 aliphatic heterocycles. The van der Waals surface area contributed by atoms with Crippen molar-refractivity contribution >= 4 is 12.0 Å². The molecule has 1 N–H and O–H groups in total. The summed E-state index contributed by atoms with van der Waals surface area (Å²) in [4.78, 5) is 27.1. The van der Waals surface area contributed by atoms with Gasteiger partial charge >= 0.3 is 12.0 Å². The van der Waals surface area contributed by atoms with Crippen molar-refractivity contribution in [1.29, 1.82) is 0 Å². The number of methoxy groups -OCH3 is 1. The Hall–Kier alpha value is -3.48. The lowest BCUT2D eigenvalue weighted by Gasteiger charge is -2.34. The third kappa shape index (κ3) is 4.82. The molecule has 0 unspecified atom stereocenters. The first-order valence-electron chi connectivity index (χ1n) is 10.1. The van der Waals surface area contributed by atoms with Crippen LogP contribution in [-0.4, -0.2) is 44.3 Å². The molecule has 164 valence electrons. The third-order valence-electron chi connectivity index (χ3n) is 5.35. The zero-order valence-electron chi connectivity index (χ0n) is 18.5. The largest absolute Gasteiger partial charge is 0.497 e. The number of carbonyl (C=O) groups is 2. The topological polar surface area (TPSA) is 77.1 Å². The number of hydrogen-bond donors (Lipinski definition) is 1. The van der Waals surface area contributed by atoms with Crippen LogP contribution in [0.2, 0.25) is 0 Å². The molecule has 0 radical (unpaired) electrons. The number of carbonyl (C=O) groups excluding carboxylic acids is 2. The molecule has 31 heavy (non-hydrogen) atoms. The van der Waals surface area contributed by atoms with E-state index < -0.39 is 12.0 Å². The molecule has 0 aliphatic carbocycles. The first-order chi connectivity index (χ1) is 14.8. The highest BCUT2D eigenvalue weighted by Gasteiger charge is 2.37. The number of nitrogens with zero attached hydrogens (tertiary/aromatic N) is 1. The van der Waals surface area contributed by atoms with Gasteiger partial charge < -0.3 is 19.5 Å². The van der Waals surface area contributed by atoms with E-state index in [1.54, 1.807) is 33.2 Å². The number of likely N-dealkylation sites (N-methyl/N-ethyl adjacent to an activating group) is 1. The van der Waals surface area contributed by atoms with Crippen molar-refractivity contribution < 1.29 is 23.8 Å². The van der Waals surface area contributed by atoms with E-state index in [0.29, 0.717) is 28.3 Å². The predicted octanol–water partition coefficient (Wildman–Crippen LogP) is 3.90. The molecule has 2 aromatic carbocycles. The van der Waals surface area contributed by atoms with Gasteiger partial charge in [0.15, 0.2) is 0 Å². The van der Waals surface area contributed by atoms with Crippen LogP contribution in [0.3, 0.4) is 0 Å². The predicted molar refractivity (Wildman–Crippen MR) is 117 cm³/mol. The Morgan fingerprint density at radius 1 is 1.10 bits per heavy atom. The van der Waals surface area contributed by atoms with Gasteiger partial charge in [0.25, 0.3) is 0 Å². The minimum atomic E-state index is -0.684. The van der Waals surface area contributed by atoms with Crippen LogP contribution in [0.1, 0.15) is 29.7 Å². The van der Waals surface area contributed by atoms with E-state index in [1.165, 1.54) is 4.90 Å². The van der Waals surface area contributed by atoms with Crippen LogP contribution in [0.5, 0.6) is 11.5 Å². The average Bonchev–Trinajstić information content (AvgIpc) is 2.76. The van der Waals surface area contributed by atoms with Crippen LogP contribution in [0, 0.1) is 13.8 Å². The number of aryl methyl sites for hydroxylation is 2. The molecule has 1 heterocycles. The molecule has 1 atom stereocenters. The van der Waals surface area contributed by atoms with Gasteiger partial charge in [-0.3, -0.25) is 4.90 Å². The van der Waals surface area contributed by atoms with Crippen LogP contribution in [-0.2, 0) is 9.53 Å². The minimum absolute atomic E-state index is 0.0427. The maximum atomic E-state index is 13.0. The molecule has 7 heteroatoms. The van der Waals surface area contributed by atoms with Gasteiger partial charge in [0.2, 0.25) is 0 Å². The van der Waals surface area contributed by atoms with Gasteiger partial charge in [0.05, 0.1) is 31.0 Å². The zero-order chi connectivity index (χ0) is 22.5. The normalized spacial score (nSPS) is 16.1. The lowest BCUT2D eigenvalue weighted by molar-refractivity contribution is -0.139. The van der Waals surface area contributed by atoms with Gasteiger partial charge in [-0.2, -0.15) is 0 Å². The number of esters is 1. The molecule has 2 amide bonds. The van der Waals surface area contributed by atoms with E-state index in [1.807, 2.05) is 44.2 Å². The molecular formula is C24H28N2O5. The fourth-order valence-corrected chi connectivity index (χ4v) is 3.41. The Kier molecular flexibility index (Phi) is 6.84. The van der Waals surface area contributed by atoms with Gasteiger partial charge in [-0.25, -0.2) is 9.59 Å². The smallest absolute Gasteiger partial charge is 0.338 e. The van der Waals surface area contributed by atoms with Crippen LogP contribution in [0.15, 0.2) is 53.7 Å². The number of nitrogens with one attached hydrogen (secondary N) is 1. The Morgan fingerprint density at radius 2 is 1.87 bits per heavy atom. The summed E-state index contributed by atoms with van der Waals surface area (Å²) in [5.74, 6) is 0.791. The number of urea groups is 1. The monoisotopic (exact) mass is 424 g/mol. The summed E-state index contributed by atoms with van der Waals surface area (Å²) >= 11 is 0. The minimum Gasteiger partial charge on any atom is -0.497 e.